The number of carbonyl (C=O) groups excluding carboxylic acids is 2. The van der Waals surface area contributed by atoms with Crippen molar-refractivity contribution in [2.24, 2.45) is 5.92 Å². The molecule has 2 fully saturated rings. The molecule has 1 N–H and O–H groups in total. The van der Waals surface area contributed by atoms with E-state index in [0.29, 0.717) is 19.0 Å². The first-order chi connectivity index (χ1) is 12.6. The predicted octanol–water partition coefficient (Wildman–Crippen LogP) is 2.31. The molecule has 1 aliphatic carbocycles. The molecule has 1 saturated heterocycles. The van der Waals surface area contributed by atoms with E-state index in [1.165, 1.54) is 18.4 Å². The lowest BCUT2D eigenvalue weighted by atomic mass is 9.95. The molecule has 5 nitrogen and oxygen atoms in total. The Hall–Kier alpha value is -1.88. The zero-order chi connectivity index (χ0) is 18.5. The average molecular weight is 357 g/mol. The van der Waals surface area contributed by atoms with Crippen LogP contribution in [0, 0.1) is 5.92 Å². The molecular formula is C21H31N3O2. The molecule has 3 rings (SSSR count). The number of hydrogen-bond acceptors (Lipinski definition) is 3. The number of amides is 2. The molecule has 1 atom stereocenters. The minimum atomic E-state index is -0.0383. The van der Waals surface area contributed by atoms with E-state index >= 15 is 0 Å². The number of nitrogens with one attached hydrogen (secondary N) is 1. The highest BCUT2D eigenvalue weighted by atomic mass is 16.2. The summed E-state index contributed by atoms with van der Waals surface area (Å²) in [5.74, 6) is 0.690. The lowest BCUT2D eigenvalue weighted by Crippen LogP contribution is -2.57. The quantitative estimate of drug-likeness (QED) is 0.880. The number of piperazine rings is 1. The van der Waals surface area contributed by atoms with Gasteiger partial charge in [0.25, 0.3) is 5.91 Å². The third-order valence-electron chi connectivity index (χ3n) is 5.97. The van der Waals surface area contributed by atoms with Gasteiger partial charge in [-0.1, -0.05) is 31.9 Å². The fourth-order valence-corrected chi connectivity index (χ4v) is 4.37. The van der Waals surface area contributed by atoms with Gasteiger partial charge < -0.3 is 10.2 Å². The Morgan fingerprint density at radius 2 is 1.69 bits per heavy atom. The van der Waals surface area contributed by atoms with Gasteiger partial charge >= 0.3 is 0 Å². The van der Waals surface area contributed by atoms with E-state index in [0.717, 1.165) is 37.9 Å². The first kappa shape index (κ1) is 18.9. The second-order valence-electron chi connectivity index (χ2n) is 7.48. The van der Waals surface area contributed by atoms with Crippen LogP contribution >= 0.6 is 0 Å². The van der Waals surface area contributed by atoms with Crippen molar-refractivity contribution >= 4 is 11.8 Å². The minimum Gasteiger partial charge on any atom is -0.358 e. The van der Waals surface area contributed by atoms with Crippen LogP contribution in [0.25, 0.3) is 0 Å². The maximum atomic E-state index is 12.8. The number of aryl methyl sites for hydroxylation is 1. The van der Waals surface area contributed by atoms with Gasteiger partial charge in [0.05, 0.1) is 6.04 Å². The number of likely N-dealkylation sites (N-methyl/N-ethyl adjacent to an activating group) is 1. The Kier molecular flexibility index (Phi) is 6.30. The zero-order valence-corrected chi connectivity index (χ0v) is 16.0. The van der Waals surface area contributed by atoms with Crippen LogP contribution in [0.5, 0.6) is 0 Å². The monoisotopic (exact) mass is 357 g/mol. The molecule has 1 unspecified atom stereocenters. The minimum absolute atomic E-state index is 0.0383. The van der Waals surface area contributed by atoms with E-state index in [9.17, 15) is 9.59 Å². The van der Waals surface area contributed by atoms with E-state index in [-0.39, 0.29) is 17.9 Å². The van der Waals surface area contributed by atoms with E-state index in [2.05, 4.69) is 17.1 Å². The second-order valence-corrected chi connectivity index (χ2v) is 7.48. The zero-order valence-electron chi connectivity index (χ0n) is 16.0. The van der Waals surface area contributed by atoms with E-state index in [1.807, 2.05) is 29.2 Å². The van der Waals surface area contributed by atoms with Crippen molar-refractivity contribution in [3.8, 4) is 0 Å². The summed E-state index contributed by atoms with van der Waals surface area (Å²) in [5.41, 5.74) is 2.01. The molecule has 26 heavy (non-hydrogen) atoms. The maximum Gasteiger partial charge on any atom is 0.253 e. The number of hydrogen-bond donors (Lipinski definition) is 1. The van der Waals surface area contributed by atoms with Gasteiger partial charge in [-0.3, -0.25) is 14.5 Å². The molecule has 142 valence electrons. The molecular weight excluding hydrogens is 326 g/mol. The van der Waals surface area contributed by atoms with E-state index in [1.54, 1.807) is 7.05 Å². The fraction of sp³-hybridized carbons (Fsp3) is 0.619. The largest absolute Gasteiger partial charge is 0.358 e. The summed E-state index contributed by atoms with van der Waals surface area (Å²) in [7, 11) is 1.73. The highest BCUT2D eigenvalue weighted by Crippen LogP contribution is 2.31. The van der Waals surface area contributed by atoms with Crippen LogP contribution in [0.2, 0.25) is 0 Å². The third kappa shape index (κ3) is 4.09. The topological polar surface area (TPSA) is 52.7 Å². The lowest BCUT2D eigenvalue weighted by Gasteiger charge is -2.40. The van der Waals surface area contributed by atoms with E-state index in [4.69, 9.17) is 0 Å². The summed E-state index contributed by atoms with van der Waals surface area (Å²) in [6.45, 7) is 5.03. The van der Waals surface area contributed by atoms with Crippen LogP contribution in [0.4, 0.5) is 0 Å². The fourth-order valence-electron chi connectivity index (χ4n) is 4.37. The van der Waals surface area contributed by atoms with Gasteiger partial charge in [0, 0.05) is 38.8 Å². The van der Waals surface area contributed by atoms with Crippen molar-refractivity contribution in [2.45, 2.75) is 45.1 Å². The van der Waals surface area contributed by atoms with E-state index < -0.39 is 0 Å². The molecule has 1 saturated carbocycles. The molecule has 1 aromatic rings. The second kappa shape index (κ2) is 8.67. The Morgan fingerprint density at radius 3 is 2.23 bits per heavy atom. The van der Waals surface area contributed by atoms with Crippen LogP contribution in [0.15, 0.2) is 24.3 Å². The van der Waals surface area contributed by atoms with Crippen LogP contribution in [0.1, 0.15) is 48.5 Å². The van der Waals surface area contributed by atoms with Crippen molar-refractivity contribution in [3.05, 3.63) is 35.4 Å². The van der Waals surface area contributed by atoms with Gasteiger partial charge in [0.15, 0.2) is 0 Å². The van der Waals surface area contributed by atoms with Crippen molar-refractivity contribution < 1.29 is 9.59 Å². The molecule has 5 heteroatoms. The Morgan fingerprint density at radius 1 is 1.08 bits per heavy atom. The molecule has 1 heterocycles. The van der Waals surface area contributed by atoms with Gasteiger partial charge in [-0.05, 0) is 42.9 Å². The van der Waals surface area contributed by atoms with Crippen molar-refractivity contribution in [3.63, 3.8) is 0 Å². The van der Waals surface area contributed by atoms with Gasteiger partial charge in [-0.25, -0.2) is 0 Å². The summed E-state index contributed by atoms with van der Waals surface area (Å²) in [5, 5.41) is 2.85. The predicted molar refractivity (Wildman–Crippen MR) is 103 cm³/mol. The van der Waals surface area contributed by atoms with Crippen molar-refractivity contribution in [1.29, 1.82) is 0 Å². The smallest absolute Gasteiger partial charge is 0.253 e. The van der Waals surface area contributed by atoms with Gasteiger partial charge in [-0.2, -0.15) is 0 Å². The normalized spacial score (nSPS) is 20.2. The molecule has 1 aliphatic heterocycles. The van der Waals surface area contributed by atoms with Crippen molar-refractivity contribution in [1.82, 2.24) is 15.1 Å². The highest BCUT2D eigenvalue weighted by Gasteiger charge is 2.36. The molecule has 1 aromatic carbocycles. The van der Waals surface area contributed by atoms with Gasteiger partial charge in [0.2, 0.25) is 5.91 Å². The molecule has 0 aromatic heterocycles. The number of rotatable bonds is 5. The summed E-state index contributed by atoms with van der Waals surface area (Å²) in [6, 6.07) is 7.89. The Bertz CT molecular complexity index is 615. The molecule has 2 amide bonds. The molecule has 0 radical (unpaired) electrons. The summed E-state index contributed by atoms with van der Waals surface area (Å²) >= 11 is 0. The Balaban J connectivity index is 1.61. The SMILES string of the molecule is CCc1ccc(C(=O)N2CCN(C(C(=O)NC)C3CCCC3)CC2)cc1. The molecule has 2 aliphatic rings. The molecule has 0 bridgehead atoms. The third-order valence-corrected chi connectivity index (χ3v) is 5.97. The summed E-state index contributed by atoms with van der Waals surface area (Å²) in [4.78, 5) is 29.4. The highest BCUT2D eigenvalue weighted by molar-refractivity contribution is 5.94. The lowest BCUT2D eigenvalue weighted by molar-refractivity contribution is -0.128. The molecule has 0 spiro atoms. The number of nitrogens with zero attached hydrogens (tertiary/aromatic N) is 2. The van der Waals surface area contributed by atoms with Crippen LogP contribution in [0.3, 0.4) is 0 Å². The van der Waals surface area contributed by atoms with Crippen molar-refractivity contribution in [2.75, 3.05) is 33.2 Å². The van der Waals surface area contributed by atoms with Gasteiger partial charge in [-0.15, -0.1) is 0 Å². The maximum absolute atomic E-state index is 12.8. The average Bonchev–Trinajstić information content (AvgIpc) is 3.22. The first-order valence-electron chi connectivity index (χ1n) is 9.98. The summed E-state index contributed by atoms with van der Waals surface area (Å²) in [6.07, 6.45) is 5.71. The van der Waals surface area contributed by atoms with Crippen LogP contribution in [-0.2, 0) is 11.2 Å². The van der Waals surface area contributed by atoms with Crippen LogP contribution in [-0.4, -0.2) is 60.9 Å². The number of carbonyl (C=O) groups is 2. The summed E-state index contributed by atoms with van der Waals surface area (Å²) < 4.78 is 0. The first-order valence-corrected chi connectivity index (χ1v) is 9.98. The number of benzene rings is 1. The standard InChI is InChI=1S/C21H31N3O2/c1-3-16-8-10-18(11-9-16)21(26)24-14-12-23(13-15-24)19(20(25)22-2)17-6-4-5-7-17/h8-11,17,19H,3-7,12-15H2,1-2H3,(H,22,25). The van der Waals surface area contributed by atoms with Gasteiger partial charge in [0.1, 0.15) is 0 Å². The Labute approximate surface area is 156 Å². The van der Waals surface area contributed by atoms with Crippen LogP contribution < -0.4 is 5.32 Å².